The zero-order chi connectivity index (χ0) is 12.0. The van der Waals surface area contributed by atoms with E-state index in [0.717, 1.165) is 11.1 Å². The van der Waals surface area contributed by atoms with E-state index >= 15 is 0 Å². The maximum atomic E-state index is 10.8. The first-order valence-electron chi connectivity index (χ1n) is 4.74. The Morgan fingerprint density at radius 2 is 2.25 bits per heavy atom. The van der Waals surface area contributed by atoms with Gasteiger partial charge < -0.3 is 4.74 Å². The third-order valence-corrected chi connectivity index (χ3v) is 2.04. The smallest absolute Gasteiger partial charge is 0.317 e. The van der Waals surface area contributed by atoms with Crippen LogP contribution in [0.5, 0.6) is 0 Å². The number of carbonyl (C=O) groups is 1. The molecule has 0 radical (unpaired) electrons. The highest BCUT2D eigenvalue weighted by atomic mass is 16.5. The molecule has 3 nitrogen and oxygen atoms in total. The number of methoxy groups -OCH3 is 1. The molecule has 80 valence electrons. The predicted molar refractivity (Wildman–Crippen MR) is 59.4 cm³/mol. The number of carbonyl (C=O) groups excluding carboxylic acids is 1. The van der Waals surface area contributed by atoms with Gasteiger partial charge >= 0.3 is 5.97 Å². The van der Waals surface area contributed by atoms with Gasteiger partial charge in [-0.1, -0.05) is 11.8 Å². The molecule has 1 rings (SSSR count). The minimum Gasteiger partial charge on any atom is -0.468 e. The molecule has 1 aromatic carbocycles. The fourth-order valence-corrected chi connectivity index (χ4v) is 1.16. The Bertz CT molecular complexity index is 501. The Balaban J connectivity index is 2.83. The van der Waals surface area contributed by atoms with Crippen LogP contribution >= 0.6 is 0 Å². The molecule has 0 spiro atoms. The summed E-state index contributed by atoms with van der Waals surface area (Å²) >= 11 is 0. The van der Waals surface area contributed by atoms with Crippen molar-refractivity contribution in [2.24, 2.45) is 0 Å². The van der Waals surface area contributed by atoms with Gasteiger partial charge in [-0.05, 0) is 30.7 Å². The van der Waals surface area contributed by atoms with Gasteiger partial charge in [-0.15, -0.1) is 0 Å². The summed E-state index contributed by atoms with van der Waals surface area (Å²) in [6.07, 6.45) is 0.0793. The molecule has 0 saturated carbocycles. The monoisotopic (exact) mass is 213 g/mol. The van der Waals surface area contributed by atoms with E-state index in [1.54, 1.807) is 18.2 Å². The molecule has 0 fully saturated rings. The molecule has 1 aromatic rings. The number of nitrogens with zero attached hydrogens (tertiary/aromatic N) is 1. The number of benzene rings is 1. The maximum absolute atomic E-state index is 10.8. The molecular weight excluding hydrogens is 202 g/mol. The number of esters is 1. The summed E-state index contributed by atoms with van der Waals surface area (Å²) in [5.74, 6) is 5.24. The van der Waals surface area contributed by atoms with E-state index in [1.165, 1.54) is 7.11 Å². The van der Waals surface area contributed by atoms with Crippen molar-refractivity contribution in [1.29, 1.82) is 5.26 Å². The average Bonchev–Trinajstić information content (AvgIpc) is 2.30. The van der Waals surface area contributed by atoms with Crippen molar-refractivity contribution in [1.82, 2.24) is 0 Å². The molecule has 0 aliphatic rings. The van der Waals surface area contributed by atoms with Crippen LogP contribution in [0.1, 0.15) is 23.1 Å². The van der Waals surface area contributed by atoms with Crippen LogP contribution in [0.25, 0.3) is 0 Å². The molecule has 0 saturated heterocycles. The molecule has 0 atom stereocenters. The highest BCUT2D eigenvalue weighted by Gasteiger charge is 1.97. The summed E-state index contributed by atoms with van der Waals surface area (Å²) in [4.78, 5) is 10.8. The number of hydrogen-bond donors (Lipinski definition) is 0. The lowest BCUT2D eigenvalue weighted by Gasteiger charge is -1.97. The van der Waals surface area contributed by atoms with Crippen LogP contribution in [0.2, 0.25) is 0 Å². The Morgan fingerprint density at radius 3 is 2.81 bits per heavy atom. The molecule has 0 aromatic heterocycles. The maximum Gasteiger partial charge on any atom is 0.317 e. The van der Waals surface area contributed by atoms with E-state index in [9.17, 15) is 4.79 Å². The normalized spacial score (nSPS) is 8.56. The van der Waals surface area contributed by atoms with E-state index in [2.05, 4.69) is 22.6 Å². The number of aryl methyl sites for hydroxylation is 1. The average molecular weight is 213 g/mol. The van der Waals surface area contributed by atoms with Gasteiger partial charge in [0, 0.05) is 5.56 Å². The SMILES string of the molecule is COC(=O)CC#Cc1ccc(C#N)cc1C. The van der Waals surface area contributed by atoms with Crippen molar-refractivity contribution < 1.29 is 9.53 Å². The summed E-state index contributed by atoms with van der Waals surface area (Å²) in [7, 11) is 1.33. The van der Waals surface area contributed by atoms with Crippen molar-refractivity contribution >= 4 is 5.97 Å². The van der Waals surface area contributed by atoms with Gasteiger partial charge in [0.15, 0.2) is 0 Å². The van der Waals surface area contributed by atoms with Crippen LogP contribution < -0.4 is 0 Å². The van der Waals surface area contributed by atoms with Gasteiger partial charge in [0.05, 0.1) is 18.7 Å². The van der Waals surface area contributed by atoms with Crippen molar-refractivity contribution in [3.05, 3.63) is 34.9 Å². The van der Waals surface area contributed by atoms with Crippen LogP contribution in [0.4, 0.5) is 0 Å². The molecule has 0 heterocycles. The topological polar surface area (TPSA) is 50.1 Å². The summed E-state index contributed by atoms with van der Waals surface area (Å²) in [6, 6.07) is 7.30. The van der Waals surface area contributed by atoms with Crippen LogP contribution in [-0.2, 0) is 9.53 Å². The highest BCUT2D eigenvalue weighted by molar-refractivity contribution is 5.72. The third kappa shape index (κ3) is 3.15. The van der Waals surface area contributed by atoms with Crippen LogP contribution in [-0.4, -0.2) is 13.1 Å². The minimum absolute atomic E-state index is 0.0793. The molecule has 16 heavy (non-hydrogen) atoms. The van der Waals surface area contributed by atoms with E-state index in [0.29, 0.717) is 5.56 Å². The molecule has 0 aliphatic carbocycles. The summed E-state index contributed by atoms with van der Waals surface area (Å²) in [5.41, 5.74) is 2.36. The molecular formula is C13H11NO2. The standard InChI is InChI=1S/C13H11NO2/c1-10-8-11(9-14)6-7-12(10)4-3-5-13(15)16-2/h6-8H,5H2,1-2H3. The van der Waals surface area contributed by atoms with Crippen molar-refractivity contribution in [3.8, 4) is 17.9 Å². The summed E-state index contributed by atoms with van der Waals surface area (Å²) in [6.45, 7) is 1.88. The number of nitriles is 1. The lowest BCUT2D eigenvalue weighted by Crippen LogP contribution is -1.97. The summed E-state index contributed by atoms with van der Waals surface area (Å²) < 4.78 is 4.47. The van der Waals surface area contributed by atoms with Crippen molar-refractivity contribution in [2.45, 2.75) is 13.3 Å². The van der Waals surface area contributed by atoms with E-state index in [-0.39, 0.29) is 12.4 Å². The number of hydrogen-bond acceptors (Lipinski definition) is 3. The van der Waals surface area contributed by atoms with Gasteiger partial charge in [-0.2, -0.15) is 5.26 Å². The number of ether oxygens (including phenoxy) is 1. The van der Waals surface area contributed by atoms with E-state index in [1.807, 2.05) is 6.92 Å². The second-order valence-corrected chi connectivity index (χ2v) is 3.20. The molecule has 0 amide bonds. The van der Waals surface area contributed by atoms with Crippen LogP contribution in [0, 0.1) is 30.1 Å². The fraction of sp³-hybridized carbons (Fsp3) is 0.231. The second kappa shape index (κ2) is 5.58. The first kappa shape index (κ1) is 11.8. The first-order valence-corrected chi connectivity index (χ1v) is 4.74. The number of rotatable bonds is 1. The van der Waals surface area contributed by atoms with E-state index in [4.69, 9.17) is 5.26 Å². The Morgan fingerprint density at radius 1 is 1.50 bits per heavy atom. The zero-order valence-electron chi connectivity index (χ0n) is 9.20. The summed E-state index contributed by atoms with van der Waals surface area (Å²) in [5, 5.41) is 8.69. The molecule has 3 heteroatoms. The van der Waals surface area contributed by atoms with Gasteiger partial charge in [-0.3, -0.25) is 4.79 Å². The van der Waals surface area contributed by atoms with Gasteiger partial charge in [0.2, 0.25) is 0 Å². The minimum atomic E-state index is -0.348. The van der Waals surface area contributed by atoms with E-state index < -0.39 is 0 Å². The van der Waals surface area contributed by atoms with Crippen LogP contribution in [0.3, 0.4) is 0 Å². The third-order valence-electron chi connectivity index (χ3n) is 2.04. The highest BCUT2D eigenvalue weighted by Crippen LogP contribution is 2.09. The molecule has 0 bridgehead atoms. The van der Waals surface area contributed by atoms with Crippen molar-refractivity contribution in [3.63, 3.8) is 0 Å². The quantitative estimate of drug-likeness (QED) is 0.527. The van der Waals surface area contributed by atoms with Crippen LogP contribution in [0.15, 0.2) is 18.2 Å². The van der Waals surface area contributed by atoms with Crippen molar-refractivity contribution in [2.75, 3.05) is 7.11 Å². The zero-order valence-corrected chi connectivity index (χ0v) is 9.20. The lowest BCUT2D eigenvalue weighted by atomic mass is 10.1. The molecule has 0 unspecified atom stereocenters. The van der Waals surface area contributed by atoms with Gasteiger partial charge in [-0.25, -0.2) is 0 Å². The fourth-order valence-electron chi connectivity index (χ4n) is 1.16. The Kier molecular flexibility index (Phi) is 4.12. The first-order chi connectivity index (χ1) is 7.67. The molecule has 0 aliphatic heterocycles. The Labute approximate surface area is 94.7 Å². The van der Waals surface area contributed by atoms with Gasteiger partial charge in [0.1, 0.15) is 6.42 Å². The molecule has 0 N–H and O–H groups in total. The second-order valence-electron chi connectivity index (χ2n) is 3.20. The van der Waals surface area contributed by atoms with Gasteiger partial charge in [0.25, 0.3) is 0 Å². The lowest BCUT2D eigenvalue weighted by molar-refractivity contribution is -0.139. The largest absolute Gasteiger partial charge is 0.468 e. The Hall–Kier alpha value is -2.26. The predicted octanol–water partition coefficient (Wildman–Crippen LogP) is 1.78.